The fourth-order valence-electron chi connectivity index (χ4n) is 3.71. The second-order valence-corrected chi connectivity index (χ2v) is 12.1. The molecule has 0 saturated carbocycles. The smallest absolute Gasteiger partial charge is 0.195 e. The number of hydrogen-bond donors (Lipinski definition) is 1. The van der Waals surface area contributed by atoms with Crippen LogP contribution in [0.5, 0.6) is 0 Å². The highest BCUT2D eigenvalue weighted by Gasteiger charge is 2.47. The SMILES string of the molecule is CC(C)(C)[Si](NCc1ccccc1)(c1ccccc1)c1ccccc1. The molecule has 0 aliphatic heterocycles. The molecule has 0 bridgehead atoms. The van der Waals surface area contributed by atoms with Gasteiger partial charge in [0.05, 0.1) is 0 Å². The Hall–Kier alpha value is -2.16. The first-order valence-corrected chi connectivity index (χ1v) is 10.9. The zero-order valence-electron chi connectivity index (χ0n) is 15.4. The van der Waals surface area contributed by atoms with Crippen molar-refractivity contribution < 1.29 is 0 Å². The van der Waals surface area contributed by atoms with Gasteiger partial charge in [0.2, 0.25) is 0 Å². The summed E-state index contributed by atoms with van der Waals surface area (Å²) in [5.41, 5.74) is 1.33. The molecule has 0 aromatic heterocycles. The van der Waals surface area contributed by atoms with Crippen molar-refractivity contribution >= 4 is 18.6 Å². The first-order valence-electron chi connectivity index (χ1n) is 8.94. The Morgan fingerprint density at radius 1 is 0.640 bits per heavy atom. The third-order valence-electron chi connectivity index (χ3n) is 4.94. The minimum atomic E-state index is -2.18. The molecule has 0 atom stereocenters. The Morgan fingerprint density at radius 2 is 1.04 bits per heavy atom. The third kappa shape index (κ3) is 3.60. The average Bonchev–Trinajstić information content (AvgIpc) is 2.64. The van der Waals surface area contributed by atoms with Gasteiger partial charge in [-0.1, -0.05) is 112 Å². The molecule has 1 N–H and O–H groups in total. The van der Waals surface area contributed by atoms with Crippen LogP contribution in [0.1, 0.15) is 26.3 Å². The van der Waals surface area contributed by atoms with Crippen LogP contribution in [0.15, 0.2) is 91.0 Å². The van der Waals surface area contributed by atoms with E-state index in [4.69, 9.17) is 0 Å². The van der Waals surface area contributed by atoms with Crippen LogP contribution in [0.25, 0.3) is 0 Å². The highest BCUT2D eigenvalue weighted by Crippen LogP contribution is 2.34. The minimum Gasteiger partial charge on any atom is -0.326 e. The topological polar surface area (TPSA) is 12.0 Å². The molecule has 128 valence electrons. The minimum absolute atomic E-state index is 0.129. The number of rotatable bonds is 5. The molecule has 0 amide bonds. The molecule has 0 spiro atoms. The molecule has 3 aromatic carbocycles. The van der Waals surface area contributed by atoms with Crippen LogP contribution in [0.3, 0.4) is 0 Å². The van der Waals surface area contributed by atoms with Crippen LogP contribution in [-0.4, -0.2) is 8.24 Å². The van der Waals surface area contributed by atoms with Crippen LogP contribution < -0.4 is 15.4 Å². The summed E-state index contributed by atoms with van der Waals surface area (Å²) in [5.74, 6) is 0. The van der Waals surface area contributed by atoms with E-state index in [0.717, 1.165) is 6.54 Å². The second kappa shape index (κ2) is 7.38. The van der Waals surface area contributed by atoms with Crippen molar-refractivity contribution in [2.24, 2.45) is 0 Å². The zero-order chi connectivity index (χ0) is 17.8. The maximum atomic E-state index is 4.06. The number of benzene rings is 3. The standard InChI is InChI=1S/C23H27NSi/c1-23(2,3)25(21-15-9-5-10-16-21,22-17-11-6-12-18-22)24-19-20-13-7-4-8-14-20/h4-18,24H,19H2,1-3H3. The summed E-state index contributed by atoms with van der Waals surface area (Å²) in [6, 6.07) is 32.7. The fraction of sp³-hybridized carbons (Fsp3) is 0.217. The molecule has 25 heavy (non-hydrogen) atoms. The summed E-state index contributed by atoms with van der Waals surface area (Å²) >= 11 is 0. The number of nitrogens with one attached hydrogen (secondary N) is 1. The molecule has 0 unspecified atom stereocenters. The maximum Gasteiger partial charge on any atom is 0.195 e. The molecule has 0 aliphatic rings. The molecule has 0 aliphatic carbocycles. The lowest BCUT2D eigenvalue weighted by Crippen LogP contribution is -2.73. The predicted molar refractivity (Wildman–Crippen MR) is 111 cm³/mol. The summed E-state index contributed by atoms with van der Waals surface area (Å²) < 4.78 is 0. The zero-order valence-corrected chi connectivity index (χ0v) is 16.4. The summed E-state index contributed by atoms with van der Waals surface area (Å²) in [4.78, 5) is 4.06. The lowest BCUT2D eigenvalue weighted by Gasteiger charge is -2.44. The van der Waals surface area contributed by atoms with E-state index in [1.54, 1.807) is 0 Å². The van der Waals surface area contributed by atoms with Gasteiger partial charge in [0.25, 0.3) is 0 Å². The van der Waals surface area contributed by atoms with Gasteiger partial charge in [0.1, 0.15) is 0 Å². The summed E-state index contributed by atoms with van der Waals surface area (Å²) in [5, 5.41) is 3.00. The van der Waals surface area contributed by atoms with E-state index >= 15 is 0 Å². The van der Waals surface area contributed by atoms with E-state index in [9.17, 15) is 0 Å². The van der Waals surface area contributed by atoms with Crippen molar-refractivity contribution in [3.8, 4) is 0 Å². The molecular formula is C23H27NSi. The van der Waals surface area contributed by atoms with Crippen molar-refractivity contribution in [3.05, 3.63) is 96.6 Å². The van der Waals surface area contributed by atoms with Crippen LogP contribution in [-0.2, 0) is 6.54 Å². The van der Waals surface area contributed by atoms with E-state index < -0.39 is 8.24 Å². The Labute approximate surface area is 152 Å². The van der Waals surface area contributed by atoms with E-state index in [0.29, 0.717) is 0 Å². The first kappa shape index (κ1) is 17.7. The normalized spacial score (nSPS) is 12.1. The molecular weight excluding hydrogens is 318 g/mol. The van der Waals surface area contributed by atoms with Crippen LogP contribution in [0.4, 0.5) is 0 Å². The molecule has 0 radical (unpaired) electrons. The molecule has 0 heterocycles. The van der Waals surface area contributed by atoms with Crippen molar-refractivity contribution in [2.75, 3.05) is 0 Å². The Balaban J connectivity index is 2.12. The van der Waals surface area contributed by atoms with Gasteiger partial charge in [0, 0.05) is 6.54 Å². The number of hydrogen-bond acceptors (Lipinski definition) is 1. The van der Waals surface area contributed by atoms with E-state index in [2.05, 4.69) is 117 Å². The molecule has 3 rings (SSSR count). The average molecular weight is 346 g/mol. The van der Waals surface area contributed by atoms with Crippen molar-refractivity contribution in [2.45, 2.75) is 32.4 Å². The van der Waals surface area contributed by atoms with Crippen molar-refractivity contribution in [1.82, 2.24) is 4.98 Å². The van der Waals surface area contributed by atoms with Crippen molar-refractivity contribution in [1.29, 1.82) is 0 Å². The van der Waals surface area contributed by atoms with Gasteiger partial charge in [-0.2, -0.15) is 0 Å². The quantitative estimate of drug-likeness (QED) is 0.679. The lowest BCUT2D eigenvalue weighted by molar-refractivity contribution is 0.698. The van der Waals surface area contributed by atoms with Gasteiger partial charge in [-0.25, -0.2) is 0 Å². The molecule has 2 heteroatoms. The monoisotopic (exact) mass is 345 g/mol. The molecule has 0 fully saturated rings. The Bertz CT molecular complexity index is 737. The predicted octanol–water partition coefficient (Wildman–Crippen LogP) is 4.34. The summed E-state index contributed by atoms with van der Waals surface area (Å²) in [6.45, 7) is 8.00. The van der Waals surface area contributed by atoms with Gasteiger partial charge in [0.15, 0.2) is 8.24 Å². The van der Waals surface area contributed by atoms with Gasteiger partial charge in [-0.15, -0.1) is 0 Å². The van der Waals surface area contributed by atoms with Gasteiger partial charge in [-0.05, 0) is 21.0 Å². The highest BCUT2D eigenvalue weighted by molar-refractivity contribution is 7.02. The van der Waals surface area contributed by atoms with Crippen LogP contribution in [0, 0.1) is 0 Å². The van der Waals surface area contributed by atoms with E-state index in [1.807, 2.05) is 0 Å². The Kier molecular flexibility index (Phi) is 5.21. The van der Waals surface area contributed by atoms with Crippen LogP contribution >= 0.6 is 0 Å². The van der Waals surface area contributed by atoms with Crippen molar-refractivity contribution in [3.63, 3.8) is 0 Å². The van der Waals surface area contributed by atoms with E-state index in [-0.39, 0.29) is 5.04 Å². The summed E-state index contributed by atoms with van der Waals surface area (Å²) in [6.07, 6.45) is 0. The van der Waals surface area contributed by atoms with Gasteiger partial charge < -0.3 is 4.98 Å². The highest BCUT2D eigenvalue weighted by atomic mass is 28.3. The molecule has 1 nitrogen and oxygen atoms in total. The summed E-state index contributed by atoms with van der Waals surface area (Å²) in [7, 11) is -2.18. The Morgan fingerprint density at radius 3 is 1.44 bits per heavy atom. The van der Waals surface area contributed by atoms with Crippen LogP contribution in [0.2, 0.25) is 5.04 Å². The van der Waals surface area contributed by atoms with Gasteiger partial charge >= 0.3 is 0 Å². The maximum absolute atomic E-state index is 4.06. The first-order chi connectivity index (χ1) is 12.0. The second-order valence-electron chi connectivity index (χ2n) is 7.57. The molecule has 0 saturated heterocycles. The third-order valence-corrected chi connectivity index (χ3v) is 10.3. The molecule has 3 aromatic rings. The largest absolute Gasteiger partial charge is 0.326 e. The lowest BCUT2D eigenvalue weighted by atomic mass is 10.2. The fourth-order valence-corrected chi connectivity index (χ4v) is 8.57. The van der Waals surface area contributed by atoms with E-state index in [1.165, 1.54) is 15.9 Å². The van der Waals surface area contributed by atoms with Gasteiger partial charge in [-0.3, -0.25) is 0 Å².